The number of rotatable bonds is 10. The van der Waals surface area contributed by atoms with Gasteiger partial charge in [0.05, 0.1) is 29.5 Å². The maximum atomic E-state index is 13.9. The van der Waals surface area contributed by atoms with E-state index in [1.807, 2.05) is 55.5 Å². The van der Waals surface area contributed by atoms with Gasteiger partial charge in [0, 0.05) is 10.0 Å². The number of nitrogens with zero attached hydrogens (tertiary/aromatic N) is 2. The fourth-order valence-electron chi connectivity index (χ4n) is 4.30. The van der Waals surface area contributed by atoms with Crippen molar-refractivity contribution in [3.05, 3.63) is 102 Å². The maximum Gasteiger partial charge on any atom is 0.338 e. The fraction of sp³-hybridized carbons (Fsp3) is 0.276. The molecule has 9 heteroatoms. The third-order valence-electron chi connectivity index (χ3n) is 5.92. The molecular formula is C29H29BrN2O5S. The summed E-state index contributed by atoms with van der Waals surface area (Å²) in [6.45, 7) is 8.07. The van der Waals surface area contributed by atoms with E-state index >= 15 is 0 Å². The van der Waals surface area contributed by atoms with Crippen LogP contribution in [0.2, 0.25) is 0 Å². The van der Waals surface area contributed by atoms with E-state index in [0.717, 1.165) is 16.5 Å². The summed E-state index contributed by atoms with van der Waals surface area (Å²) >= 11 is 4.83. The van der Waals surface area contributed by atoms with Gasteiger partial charge in [-0.25, -0.2) is 9.79 Å². The minimum absolute atomic E-state index is 0.209. The summed E-state index contributed by atoms with van der Waals surface area (Å²) in [5.74, 6) is 0.784. The van der Waals surface area contributed by atoms with Gasteiger partial charge in [-0.1, -0.05) is 65.4 Å². The summed E-state index contributed by atoms with van der Waals surface area (Å²) in [7, 11) is 1.57. The van der Waals surface area contributed by atoms with Crippen molar-refractivity contribution in [1.29, 1.82) is 0 Å². The van der Waals surface area contributed by atoms with Crippen LogP contribution in [0.1, 0.15) is 43.9 Å². The van der Waals surface area contributed by atoms with Crippen LogP contribution in [0.3, 0.4) is 0 Å². The molecule has 198 valence electrons. The quantitative estimate of drug-likeness (QED) is 0.245. The van der Waals surface area contributed by atoms with Gasteiger partial charge >= 0.3 is 5.97 Å². The molecule has 1 aliphatic rings. The second-order valence-electron chi connectivity index (χ2n) is 8.47. The number of fused-ring (bicyclic) bond motifs is 1. The summed E-state index contributed by atoms with van der Waals surface area (Å²) in [5, 5.41) is 0. The highest BCUT2D eigenvalue weighted by molar-refractivity contribution is 9.10. The first-order valence-corrected chi connectivity index (χ1v) is 13.9. The number of hydrogen-bond acceptors (Lipinski definition) is 7. The zero-order valence-corrected chi connectivity index (χ0v) is 23.9. The number of benzene rings is 2. The second kappa shape index (κ2) is 12.4. The van der Waals surface area contributed by atoms with Crippen LogP contribution < -0.4 is 24.4 Å². The molecule has 1 atom stereocenters. The van der Waals surface area contributed by atoms with Gasteiger partial charge in [-0.15, -0.1) is 0 Å². The molecule has 4 rings (SSSR count). The Morgan fingerprint density at radius 1 is 1.21 bits per heavy atom. The molecule has 0 N–H and O–H groups in total. The molecule has 0 unspecified atom stereocenters. The van der Waals surface area contributed by atoms with Gasteiger partial charge in [0.25, 0.3) is 5.56 Å². The van der Waals surface area contributed by atoms with Gasteiger partial charge in [0.1, 0.15) is 24.1 Å². The number of halogens is 1. The number of hydrogen-bond donors (Lipinski definition) is 0. The molecule has 1 aromatic heterocycles. The lowest BCUT2D eigenvalue weighted by Gasteiger charge is -2.27. The van der Waals surface area contributed by atoms with E-state index in [1.165, 1.54) is 11.3 Å². The lowest BCUT2D eigenvalue weighted by Crippen LogP contribution is -2.40. The smallest absolute Gasteiger partial charge is 0.338 e. The Kier molecular flexibility index (Phi) is 9.01. The van der Waals surface area contributed by atoms with Gasteiger partial charge in [-0.2, -0.15) is 0 Å². The number of esters is 1. The van der Waals surface area contributed by atoms with Crippen molar-refractivity contribution in [2.24, 2.45) is 4.99 Å². The van der Waals surface area contributed by atoms with Crippen LogP contribution >= 0.6 is 27.3 Å². The zero-order chi connectivity index (χ0) is 27.2. The van der Waals surface area contributed by atoms with Crippen molar-refractivity contribution in [3.63, 3.8) is 0 Å². The van der Waals surface area contributed by atoms with Gasteiger partial charge in [0.15, 0.2) is 4.80 Å². The number of ether oxygens (including phenoxy) is 3. The second-order valence-corrected chi connectivity index (χ2v) is 10.4. The van der Waals surface area contributed by atoms with E-state index in [2.05, 4.69) is 22.5 Å². The summed E-state index contributed by atoms with van der Waals surface area (Å²) in [6.07, 6.45) is 4.85. The molecule has 1 aliphatic heterocycles. The summed E-state index contributed by atoms with van der Waals surface area (Å²) in [5.41, 5.74) is 2.24. The van der Waals surface area contributed by atoms with Crippen LogP contribution in [-0.2, 0) is 9.53 Å². The van der Waals surface area contributed by atoms with Crippen LogP contribution in [0.25, 0.3) is 6.08 Å². The van der Waals surface area contributed by atoms with Crippen molar-refractivity contribution < 1.29 is 19.0 Å². The third-order valence-corrected chi connectivity index (χ3v) is 7.40. The predicted octanol–water partition coefficient (Wildman–Crippen LogP) is 4.91. The highest BCUT2D eigenvalue weighted by Gasteiger charge is 2.36. The Morgan fingerprint density at radius 2 is 1.97 bits per heavy atom. The van der Waals surface area contributed by atoms with Crippen LogP contribution in [0.5, 0.6) is 11.5 Å². The Bertz CT molecular complexity index is 1550. The SMILES string of the molecule is C=CCOc1ccc(/C=c2/sc3n(c2=O)[C@@H](c2cc(Br)ccc2OC)C(C(=O)OCC)=C(CCC)N=3)cc1. The molecule has 38 heavy (non-hydrogen) atoms. The fourth-order valence-corrected chi connectivity index (χ4v) is 5.70. The molecule has 0 aliphatic carbocycles. The minimum atomic E-state index is -0.754. The Hall–Kier alpha value is -3.43. The van der Waals surface area contributed by atoms with Crippen molar-refractivity contribution >= 4 is 39.3 Å². The first-order valence-electron chi connectivity index (χ1n) is 12.3. The molecule has 0 radical (unpaired) electrons. The zero-order valence-electron chi connectivity index (χ0n) is 21.5. The van der Waals surface area contributed by atoms with Crippen LogP contribution in [0.15, 0.2) is 80.6 Å². The predicted molar refractivity (Wildman–Crippen MR) is 152 cm³/mol. The number of aromatic nitrogens is 1. The lowest BCUT2D eigenvalue weighted by atomic mass is 9.93. The first kappa shape index (κ1) is 27.6. The van der Waals surface area contributed by atoms with E-state index < -0.39 is 12.0 Å². The Morgan fingerprint density at radius 3 is 2.63 bits per heavy atom. The number of methoxy groups -OCH3 is 1. The first-order chi connectivity index (χ1) is 18.4. The van der Waals surface area contributed by atoms with Crippen molar-refractivity contribution in [2.45, 2.75) is 32.7 Å². The molecule has 2 heterocycles. The molecule has 0 fully saturated rings. The minimum Gasteiger partial charge on any atom is -0.496 e. The average Bonchev–Trinajstić information content (AvgIpc) is 3.22. The van der Waals surface area contributed by atoms with Gasteiger partial charge in [-0.05, 0) is 55.3 Å². The monoisotopic (exact) mass is 596 g/mol. The van der Waals surface area contributed by atoms with Crippen molar-refractivity contribution in [1.82, 2.24) is 4.57 Å². The van der Waals surface area contributed by atoms with Gasteiger partial charge < -0.3 is 14.2 Å². The molecule has 0 bridgehead atoms. The molecule has 0 saturated heterocycles. The highest BCUT2D eigenvalue weighted by atomic mass is 79.9. The average molecular weight is 598 g/mol. The number of carbonyl (C=O) groups excluding carboxylic acids is 1. The van der Waals surface area contributed by atoms with Crippen LogP contribution in [0.4, 0.5) is 0 Å². The lowest BCUT2D eigenvalue weighted by molar-refractivity contribution is -0.139. The van der Waals surface area contributed by atoms with Crippen molar-refractivity contribution in [3.8, 4) is 11.5 Å². The molecule has 3 aromatic rings. The molecule has 0 amide bonds. The molecule has 2 aromatic carbocycles. The van der Waals surface area contributed by atoms with Gasteiger partial charge in [0.2, 0.25) is 0 Å². The normalized spacial score (nSPS) is 15.1. The maximum absolute atomic E-state index is 13.9. The van der Waals surface area contributed by atoms with E-state index in [4.69, 9.17) is 19.2 Å². The number of thiazole rings is 1. The van der Waals surface area contributed by atoms with Crippen LogP contribution in [-0.4, -0.2) is 30.9 Å². The number of carbonyl (C=O) groups is 1. The Labute approximate surface area is 233 Å². The van der Waals surface area contributed by atoms with Crippen LogP contribution in [0, 0.1) is 0 Å². The van der Waals surface area contributed by atoms with Gasteiger partial charge in [-0.3, -0.25) is 9.36 Å². The molecular weight excluding hydrogens is 568 g/mol. The van der Waals surface area contributed by atoms with Crippen molar-refractivity contribution in [2.75, 3.05) is 20.3 Å². The van der Waals surface area contributed by atoms with E-state index in [0.29, 0.717) is 50.7 Å². The molecule has 0 spiro atoms. The summed E-state index contributed by atoms with van der Waals surface area (Å²) in [6, 6.07) is 12.3. The topological polar surface area (TPSA) is 79.1 Å². The number of allylic oxidation sites excluding steroid dienone is 1. The summed E-state index contributed by atoms with van der Waals surface area (Å²) in [4.78, 5) is 32.6. The van der Waals surface area contributed by atoms with E-state index in [1.54, 1.807) is 24.7 Å². The highest BCUT2D eigenvalue weighted by Crippen LogP contribution is 2.38. The van der Waals surface area contributed by atoms with E-state index in [9.17, 15) is 9.59 Å². The molecule has 7 nitrogen and oxygen atoms in total. The van der Waals surface area contributed by atoms with E-state index in [-0.39, 0.29) is 12.2 Å². The summed E-state index contributed by atoms with van der Waals surface area (Å²) < 4.78 is 19.6. The molecule has 0 saturated carbocycles. The Balaban J connectivity index is 1.95. The largest absolute Gasteiger partial charge is 0.496 e. The standard InChI is InChI=1S/C29H29BrN2O5S/c1-5-8-22-25(28(34)36-7-3)26(21-17-19(30)11-14-23(21)35-4)32-27(33)24(38-29(32)31-22)16-18-9-12-20(13-10-18)37-15-6-2/h6,9-14,16-17,26H,2,5,7-8,15H2,1,3-4H3/b24-16+/t26-/m0/s1. The third kappa shape index (κ3) is 5.68.